The topological polar surface area (TPSA) is 75.0 Å². The van der Waals surface area contributed by atoms with Crippen LogP contribution < -0.4 is 10.2 Å². The van der Waals surface area contributed by atoms with Crippen molar-refractivity contribution in [1.82, 2.24) is 24.8 Å². The van der Waals surface area contributed by atoms with Crippen molar-refractivity contribution in [3.63, 3.8) is 0 Å². The minimum absolute atomic E-state index is 0.0776. The van der Waals surface area contributed by atoms with E-state index in [-0.39, 0.29) is 11.8 Å². The molecule has 2 aliphatic heterocycles. The quantitative estimate of drug-likeness (QED) is 0.529. The molecule has 186 valence electrons. The number of fused-ring (bicyclic) bond motifs is 1. The summed E-state index contributed by atoms with van der Waals surface area (Å²) in [4.78, 5) is 22.2. The maximum atomic E-state index is 12.8. The van der Waals surface area contributed by atoms with Gasteiger partial charge in [-0.1, -0.05) is 29.8 Å². The maximum absolute atomic E-state index is 12.8. The fraction of sp³-hybridized carbons (Fsp3) is 0.519. The summed E-state index contributed by atoms with van der Waals surface area (Å²) in [6.45, 7) is 11.2. The number of piperidine rings is 1. The van der Waals surface area contributed by atoms with Crippen LogP contribution in [0.2, 0.25) is 0 Å². The van der Waals surface area contributed by atoms with E-state index in [0.29, 0.717) is 0 Å². The molecule has 0 aliphatic carbocycles. The van der Waals surface area contributed by atoms with Gasteiger partial charge in [-0.3, -0.25) is 9.69 Å². The summed E-state index contributed by atoms with van der Waals surface area (Å²) < 4.78 is 7.35. The summed E-state index contributed by atoms with van der Waals surface area (Å²) in [6.07, 6.45) is 2.69. The van der Waals surface area contributed by atoms with Crippen LogP contribution in [0.3, 0.4) is 0 Å². The summed E-state index contributed by atoms with van der Waals surface area (Å²) in [7, 11) is 0. The second-order valence-corrected chi connectivity index (χ2v) is 9.78. The van der Waals surface area contributed by atoms with Crippen LogP contribution in [-0.2, 0) is 9.53 Å². The molecular weight excluding hydrogens is 440 g/mol. The van der Waals surface area contributed by atoms with Crippen LogP contribution in [0.4, 0.5) is 5.82 Å². The van der Waals surface area contributed by atoms with Crippen LogP contribution in [0.15, 0.2) is 36.4 Å². The van der Waals surface area contributed by atoms with E-state index in [4.69, 9.17) is 14.8 Å². The van der Waals surface area contributed by atoms with Crippen molar-refractivity contribution >= 4 is 17.4 Å². The third-order valence-electron chi connectivity index (χ3n) is 7.13. The number of rotatable bonds is 7. The molecule has 0 radical (unpaired) electrons. The Balaban J connectivity index is 1.18. The number of carbonyl (C=O) groups is 1. The number of ether oxygens (including phenoxy) is 1. The first-order valence-corrected chi connectivity index (χ1v) is 12.8. The number of amides is 1. The number of aryl methyl sites for hydroxylation is 2. The molecule has 2 saturated heterocycles. The predicted molar refractivity (Wildman–Crippen MR) is 138 cm³/mol. The lowest BCUT2D eigenvalue weighted by atomic mass is 9.96. The molecular formula is C27H36N6O2. The summed E-state index contributed by atoms with van der Waals surface area (Å²) in [5.74, 6) is 1.33. The lowest BCUT2D eigenvalue weighted by molar-refractivity contribution is -0.125. The summed E-state index contributed by atoms with van der Waals surface area (Å²) in [5, 5.41) is 8.06. The van der Waals surface area contributed by atoms with E-state index in [9.17, 15) is 4.79 Å². The largest absolute Gasteiger partial charge is 0.379 e. The fourth-order valence-corrected chi connectivity index (χ4v) is 5.03. The highest BCUT2D eigenvalue weighted by Crippen LogP contribution is 2.27. The van der Waals surface area contributed by atoms with Crippen LogP contribution >= 0.6 is 0 Å². The first-order chi connectivity index (χ1) is 17.1. The molecule has 8 nitrogen and oxygen atoms in total. The van der Waals surface area contributed by atoms with Gasteiger partial charge in [0.2, 0.25) is 5.91 Å². The predicted octanol–water partition coefficient (Wildman–Crippen LogP) is 3.07. The Morgan fingerprint density at radius 1 is 1.06 bits per heavy atom. The Bertz CT molecular complexity index is 1140. The van der Waals surface area contributed by atoms with Gasteiger partial charge in [-0.2, -0.15) is 9.61 Å². The zero-order chi connectivity index (χ0) is 24.2. The van der Waals surface area contributed by atoms with E-state index in [0.717, 1.165) is 100 Å². The standard InChI is InChI=1S/C27H36N6O2/c1-20-4-6-22(7-5-20)24-19-25-29-21(2)18-26(33(25)30-24)32-12-8-23(9-13-32)27(34)28-10-3-11-31-14-16-35-17-15-31/h4-7,18-19,23H,3,8-17H2,1-2H3,(H,28,34). The van der Waals surface area contributed by atoms with Crippen molar-refractivity contribution in [2.75, 3.05) is 57.4 Å². The number of carbonyl (C=O) groups excluding carboxylic acids is 1. The Morgan fingerprint density at radius 3 is 2.54 bits per heavy atom. The number of hydrogen-bond donors (Lipinski definition) is 1. The molecule has 4 heterocycles. The zero-order valence-corrected chi connectivity index (χ0v) is 20.9. The number of nitrogens with zero attached hydrogens (tertiary/aromatic N) is 5. The molecule has 2 aliphatic rings. The molecule has 1 aromatic carbocycles. The van der Waals surface area contributed by atoms with E-state index < -0.39 is 0 Å². The Morgan fingerprint density at radius 2 is 1.80 bits per heavy atom. The minimum Gasteiger partial charge on any atom is -0.379 e. The van der Waals surface area contributed by atoms with Gasteiger partial charge in [0.05, 0.1) is 18.9 Å². The lowest BCUT2D eigenvalue weighted by Gasteiger charge is -2.33. The number of morpholine rings is 1. The SMILES string of the molecule is Cc1ccc(-c2cc3nc(C)cc(N4CCC(C(=O)NCCCN5CCOCC5)CC4)n3n2)cc1. The lowest BCUT2D eigenvalue weighted by Crippen LogP contribution is -2.42. The third-order valence-corrected chi connectivity index (χ3v) is 7.13. The van der Waals surface area contributed by atoms with Crippen LogP contribution in [0.1, 0.15) is 30.5 Å². The highest BCUT2D eigenvalue weighted by molar-refractivity contribution is 5.79. The maximum Gasteiger partial charge on any atom is 0.223 e. The highest BCUT2D eigenvalue weighted by Gasteiger charge is 2.26. The first kappa shape index (κ1) is 23.8. The molecule has 2 aromatic heterocycles. The van der Waals surface area contributed by atoms with E-state index in [1.165, 1.54) is 5.56 Å². The molecule has 8 heteroatoms. The van der Waals surface area contributed by atoms with E-state index in [2.05, 4.69) is 58.4 Å². The van der Waals surface area contributed by atoms with E-state index in [1.807, 2.05) is 11.4 Å². The van der Waals surface area contributed by atoms with Gasteiger partial charge in [0, 0.05) is 62.0 Å². The molecule has 0 atom stereocenters. The van der Waals surface area contributed by atoms with Gasteiger partial charge >= 0.3 is 0 Å². The normalized spacial score (nSPS) is 17.7. The molecule has 35 heavy (non-hydrogen) atoms. The smallest absolute Gasteiger partial charge is 0.223 e. The average molecular weight is 477 g/mol. The van der Waals surface area contributed by atoms with Crippen molar-refractivity contribution in [1.29, 1.82) is 0 Å². The van der Waals surface area contributed by atoms with E-state index >= 15 is 0 Å². The Labute approximate surface area is 207 Å². The number of nitrogens with one attached hydrogen (secondary N) is 1. The minimum atomic E-state index is 0.0776. The fourth-order valence-electron chi connectivity index (χ4n) is 5.03. The van der Waals surface area contributed by atoms with Gasteiger partial charge in [0.25, 0.3) is 0 Å². The molecule has 2 fully saturated rings. The molecule has 1 N–H and O–H groups in total. The Hall–Kier alpha value is -2.97. The summed E-state index contributed by atoms with van der Waals surface area (Å²) in [6, 6.07) is 12.6. The third kappa shape index (κ3) is 5.65. The second-order valence-electron chi connectivity index (χ2n) is 9.78. The average Bonchev–Trinajstić information content (AvgIpc) is 3.31. The second kappa shape index (κ2) is 10.7. The van der Waals surface area contributed by atoms with Gasteiger partial charge in [-0.25, -0.2) is 4.98 Å². The Kier molecular flexibility index (Phi) is 7.29. The van der Waals surface area contributed by atoms with Gasteiger partial charge in [0.1, 0.15) is 5.82 Å². The van der Waals surface area contributed by atoms with Gasteiger partial charge < -0.3 is 15.0 Å². The number of anilines is 1. The number of benzene rings is 1. The molecule has 1 amide bonds. The molecule has 0 bridgehead atoms. The van der Waals surface area contributed by atoms with Crippen LogP contribution in [-0.4, -0.2) is 77.9 Å². The highest BCUT2D eigenvalue weighted by atomic mass is 16.5. The van der Waals surface area contributed by atoms with Crippen molar-refractivity contribution in [2.24, 2.45) is 5.92 Å². The van der Waals surface area contributed by atoms with Crippen LogP contribution in [0.5, 0.6) is 0 Å². The van der Waals surface area contributed by atoms with Crippen LogP contribution in [0.25, 0.3) is 16.9 Å². The molecule has 5 rings (SSSR count). The van der Waals surface area contributed by atoms with E-state index in [1.54, 1.807) is 0 Å². The molecule has 3 aromatic rings. The van der Waals surface area contributed by atoms with Crippen molar-refractivity contribution in [3.8, 4) is 11.3 Å². The zero-order valence-electron chi connectivity index (χ0n) is 20.9. The first-order valence-electron chi connectivity index (χ1n) is 12.8. The summed E-state index contributed by atoms with van der Waals surface area (Å²) in [5.41, 5.74) is 5.08. The van der Waals surface area contributed by atoms with Crippen molar-refractivity contribution < 1.29 is 9.53 Å². The number of aromatic nitrogens is 3. The monoisotopic (exact) mass is 476 g/mol. The molecule has 0 saturated carbocycles. The number of hydrogen-bond acceptors (Lipinski definition) is 6. The van der Waals surface area contributed by atoms with Crippen LogP contribution in [0, 0.1) is 19.8 Å². The van der Waals surface area contributed by atoms with Crippen molar-refractivity contribution in [2.45, 2.75) is 33.1 Å². The molecule has 0 unspecified atom stereocenters. The molecule has 0 spiro atoms. The van der Waals surface area contributed by atoms with Gasteiger partial charge in [-0.05, 0) is 39.7 Å². The van der Waals surface area contributed by atoms with Gasteiger partial charge in [-0.15, -0.1) is 0 Å². The van der Waals surface area contributed by atoms with Gasteiger partial charge in [0.15, 0.2) is 5.65 Å². The van der Waals surface area contributed by atoms with Crippen molar-refractivity contribution in [3.05, 3.63) is 47.7 Å². The summed E-state index contributed by atoms with van der Waals surface area (Å²) >= 11 is 0.